The molecule has 0 atom stereocenters. The second-order valence-electron chi connectivity index (χ2n) is 5.31. The molecule has 1 heterocycles. The van der Waals surface area contributed by atoms with Crippen molar-refractivity contribution >= 4 is 10.9 Å². The molecule has 0 aliphatic heterocycles. The van der Waals surface area contributed by atoms with Gasteiger partial charge in [0.25, 0.3) is 0 Å². The van der Waals surface area contributed by atoms with Gasteiger partial charge in [-0.1, -0.05) is 18.2 Å². The third kappa shape index (κ3) is 2.82. The highest BCUT2D eigenvalue weighted by atomic mass is 16.5. The zero-order chi connectivity index (χ0) is 13.1. The maximum atomic E-state index is 5.57. The predicted molar refractivity (Wildman–Crippen MR) is 78.4 cm³/mol. The van der Waals surface area contributed by atoms with Crippen LogP contribution in [0.2, 0.25) is 0 Å². The number of para-hydroxylation sites is 1. The number of hydrogen-bond donors (Lipinski definition) is 2. The molecule has 3 rings (SSSR count). The van der Waals surface area contributed by atoms with Crippen LogP contribution in [0, 0.1) is 0 Å². The van der Waals surface area contributed by atoms with E-state index in [2.05, 4.69) is 47.7 Å². The van der Waals surface area contributed by atoms with Crippen molar-refractivity contribution in [2.24, 2.45) is 0 Å². The minimum atomic E-state index is 0.496. The van der Waals surface area contributed by atoms with E-state index in [1.54, 1.807) is 0 Å². The lowest BCUT2D eigenvalue weighted by molar-refractivity contribution is -0.00960. The fourth-order valence-electron chi connectivity index (χ4n) is 2.85. The number of fused-ring (bicyclic) bond motifs is 1. The Bertz CT molecular complexity index is 528. The number of aromatic nitrogens is 1. The number of H-pyrrole nitrogens is 1. The molecule has 0 saturated heterocycles. The maximum Gasteiger partial charge on any atom is 0.0604 e. The molecule has 0 unspecified atom stereocenters. The number of hydrogen-bond acceptors (Lipinski definition) is 2. The summed E-state index contributed by atoms with van der Waals surface area (Å²) in [5.74, 6) is 0. The summed E-state index contributed by atoms with van der Waals surface area (Å²) in [5.41, 5.74) is 2.64. The normalized spacial score (nSPS) is 22.6. The van der Waals surface area contributed by atoms with E-state index in [1.165, 1.54) is 29.3 Å². The van der Waals surface area contributed by atoms with Gasteiger partial charge in [0.1, 0.15) is 0 Å². The fraction of sp³-hybridized carbons (Fsp3) is 0.500. The second-order valence-corrected chi connectivity index (χ2v) is 5.31. The molecule has 0 radical (unpaired) electrons. The van der Waals surface area contributed by atoms with Gasteiger partial charge in [-0.2, -0.15) is 0 Å². The average molecular weight is 258 g/mol. The highest BCUT2D eigenvalue weighted by Gasteiger charge is 2.28. The molecular formula is C16H22N2O. The SMILES string of the molecule is CCOC1CC(NCCc2c[nH]c3ccccc23)C1. The van der Waals surface area contributed by atoms with Crippen LogP contribution in [0.25, 0.3) is 10.9 Å². The minimum Gasteiger partial charge on any atom is -0.378 e. The Balaban J connectivity index is 1.46. The largest absolute Gasteiger partial charge is 0.378 e. The van der Waals surface area contributed by atoms with Gasteiger partial charge in [-0.3, -0.25) is 0 Å². The summed E-state index contributed by atoms with van der Waals surface area (Å²) in [6.45, 7) is 3.95. The van der Waals surface area contributed by atoms with Crippen molar-refractivity contribution in [2.45, 2.75) is 38.3 Å². The number of ether oxygens (including phenoxy) is 1. The number of rotatable bonds is 6. The number of benzene rings is 1. The standard InChI is InChI=1S/C16H22N2O/c1-2-19-14-9-13(10-14)17-8-7-12-11-18-16-6-4-3-5-15(12)16/h3-6,11,13-14,17-18H,2,7-10H2,1H3. The molecule has 2 N–H and O–H groups in total. The van der Waals surface area contributed by atoms with Crippen molar-refractivity contribution in [3.8, 4) is 0 Å². The van der Waals surface area contributed by atoms with Crippen molar-refractivity contribution in [1.29, 1.82) is 0 Å². The summed E-state index contributed by atoms with van der Waals surface area (Å²) in [4.78, 5) is 3.33. The van der Waals surface area contributed by atoms with Crippen LogP contribution in [0.3, 0.4) is 0 Å². The van der Waals surface area contributed by atoms with E-state index in [4.69, 9.17) is 4.74 Å². The molecule has 1 saturated carbocycles. The van der Waals surface area contributed by atoms with E-state index in [-0.39, 0.29) is 0 Å². The van der Waals surface area contributed by atoms with Crippen molar-refractivity contribution in [3.63, 3.8) is 0 Å². The third-order valence-electron chi connectivity index (χ3n) is 4.00. The average Bonchev–Trinajstić information content (AvgIpc) is 2.79. The maximum absolute atomic E-state index is 5.57. The molecule has 1 aliphatic carbocycles. The van der Waals surface area contributed by atoms with E-state index in [1.807, 2.05) is 0 Å². The lowest BCUT2D eigenvalue weighted by atomic mass is 9.89. The Labute approximate surface area is 114 Å². The van der Waals surface area contributed by atoms with Crippen LogP contribution in [-0.4, -0.2) is 30.3 Å². The monoisotopic (exact) mass is 258 g/mol. The molecular weight excluding hydrogens is 236 g/mol. The van der Waals surface area contributed by atoms with Gasteiger partial charge in [0.05, 0.1) is 6.10 Å². The van der Waals surface area contributed by atoms with Gasteiger partial charge in [0.2, 0.25) is 0 Å². The van der Waals surface area contributed by atoms with Gasteiger partial charge in [0.15, 0.2) is 0 Å². The first-order valence-corrected chi connectivity index (χ1v) is 7.26. The highest BCUT2D eigenvalue weighted by Crippen LogP contribution is 2.23. The first-order valence-electron chi connectivity index (χ1n) is 7.26. The quantitative estimate of drug-likeness (QED) is 0.836. The molecule has 1 aliphatic rings. The smallest absolute Gasteiger partial charge is 0.0604 e. The van der Waals surface area contributed by atoms with Crippen LogP contribution in [0.4, 0.5) is 0 Å². The predicted octanol–water partition coefficient (Wildman–Crippen LogP) is 2.87. The molecule has 1 aromatic carbocycles. The summed E-state index contributed by atoms with van der Waals surface area (Å²) in [6, 6.07) is 9.15. The molecule has 2 aromatic rings. The molecule has 102 valence electrons. The third-order valence-corrected chi connectivity index (χ3v) is 4.00. The van der Waals surface area contributed by atoms with Crippen LogP contribution in [0.15, 0.2) is 30.5 Å². The molecule has 3 heteroatoms. The molecule has 0 amide bonds. The lowest BCUT2D eigenvalue weighted by Crippen LogP contribution is -2.46. The van der Waals surface area contributed by atoms with Gasteiger partial charge >= 0.3 is 0 Å². The number of nitrogens with one attached hydrogen (secondary N) is 2. The highest BCUT2D eigenvalue weighted by molar-refractivity contribution is 5.83. The zero-order valence-corrected chi connectivity index (χ0v) is 11.5. The molecule has 3 nitrogen and oxygen atoms in total. The lowest BCUT2D eigenvalue weighted by Gasteiger charge is -2.35. The molecule has 1 aromatic heterocycles. The summed E-state index contributed by atoms with van der Waals surface area (Å²) >= 11 is 0. The Morgan fingerprint density at radius 2 is 2.16 bits per heavy atom. The second kappa shape index (κ2) is 5.76. The van der Waals surface area contributed by atoms with E-state index in [0.29, 0.717) is 12.1 Å². The Kier molecular flexibility index (Phi) is 3.85. The van der Waals surface area contributed by atoms with Crippen LogP contribution in [0.1, 0.15) is 25.3 Å². The first kappa shape index (κ1) is 12.7. The number of aromatic amines is 1. The molecule has 0 bridgehead atoms. The van der Waals surface area contributed by atoms with E-state index in [9.17, 15) is 0 Å². The Morgan fingerprint density at radius 3 is 3.00 bits per heavy atom. The fourth-order valence-corrected chi connectivity index (χ4v) is 2.85. The van der Waals surface area contributed by atoms with Crippen molar-refractivity contribution in [1.82, 2.24) is 10.3 Å². The van der Waals surface area contributed by atoms with Crippen LogP contribution in [0.5, 0.6) is 0 Å². The molecule has 0 spiro atoms. The van der Waals surface area contributed by atoms with Gasteiger partial charge in [0, 0.05) is 29.7 Å². The van der Waals surface area contributed by atoms with E-state index < -0.39 is 0 Å². The van der Waals surface area contributed by atoms with E-state index in [0.717, 1.165) is 19.6 Å². The van der Waals surface area contributed by atoms with Crippen LogP contribution in [-0.2, 0) is 11.2 Å². The van der Waals surface area contributed by atoms with Gasteiger partial charge in [-0.25, -0.2) is 0 Å². The van der Waals surface area contributed by atoms with Gasteiger partial charge < -0.3 is 15.0 Å². The van der Waals surface area contributed by atoms with Crippen molar-refractivity contribution in [3.05, 3.63) is 36.0 Å². The molecule has 19 heavy (non-hydrogen) atoms. The Morgan fingerprint density at radius 1 is 1.32 bits per heavy atom. The van der Waals surface area contributed by atoms with Gasteiger partial charge in [-0.05, 0) is 44.4 Å². The topological polar surface area (TPSA) is 37.0 Å². The van der Waals surface area contributed by atoms with Gasteiger partial charge in [-0.15, -0.1) is 0 Å². The summed E-state index contributed by atoms with van der Waals surface area (Å²) in [7, 11) is 0. The van der Waals surface area contributed by atoms with E-state index >= 15 is 0 Å². The van der Waals surface area contributed by atoms with Crippen molar-refractivity contribution < 1.29 is 4.74 Å². The van der Waals surface area contributed by atoms with Crippen molar-refractivity contribution in [2.75, 3.05) is 13.2 Å². The summed E-state index contributed by atoms with van der Waals surface area (Å²) in [5, 5.41) is 4.97. The Hall–Kier alpha value is -1.32. The summed E-state index contributed by atoms with van der Waals surface area (Å²) < 4.78 is 5.57. The molecule has 1 fully saturated rings. The minimum absolute atomic E-state index is 0.496. The summed E-state index contributed by atoms with van der Waals surface area (Å²) in [6.07, 6.45) is 6.05. The van der Waals surface area contributed by atoms with Crippen LogP contribution >= 0.6 is 0 Å². The first-order chi connectivity index (χ1) is 9.36. The zero-order valence-electron chi connectivity index (χ0n) is 11.5. The van der Waals surface area contributed by atoms with Crippen LogP contribution < -0.4 is 5.32 Å².